The van der Waals surface area contributed by atoms with Gasteiger partial charge in [0.25, 0.3) is 11.5 Å². The van der Waals surface area contributed by atoms with Gasteiger partial charge < -0.3 is 19.9 Å². The Morgan fingerprint density at radius 1 is 1.23 bits per heavy atom. The Morgan fingerprint density at radius 2 is 1.87 bits per heavy atom. The molecule has 6 heteroatoms. The maximum Gasteiger partial charge on any atom is 0.253 e. The minimum atomic E-state index is -1.04. The average Bonchev–Trinajstić information content (AvgIpc) is 3.22. The number of hydrogen-bond acceptors (Lipinski definition) is 4. The van der Waals surface area contributed by atoms with Crippen molar-refractivity contribution >= 4 is 5.91 Å². The van der Waals surface area contributed by atoms with Gasteiger partial charge >= 0.3 is 0 Å². The molecule has 6 nitrogen and oxygen atoms in total. The van der Waals surface area contributed by atoms with E-state index >= 15 is 0 Å². The molecule has 168 valence electrons. The van der Waals surface area contributed by atoms with Crippen LogP contribution in [0.3, 0.4) is 0 Å². The number of carbonyl (C=O) groups excluding carboxylic acids is 1. The SMILES string of the molecule is CNC(=O)c1cn(CC(O)(CCN(C)C)C2(C)CCCC2)c(=O)cc1-c1ccccc1. The van der Waals surface area contributed by atoms with Crippen LogP contribution in [0.5, 0.6) is 0 Å². The molecule has 1 aromatic heterocycles. The molecule has 1 heterocycles. The van der Waals surface area contributed by atoms with Gasteiger partial charge in [0.05, 0.1) is 17.7 Å². The van der Waals surface area contributed by atoms with E-state index in [1.165, 1.54) is 10.6 Å². The highest BCUT2D eigenvalue weighted by Crippen LogP contribution is 2.48. The summed E-state index contributed by atoms with van der Waals surface area (Å²) in [6, 6.07) is 11.0. The van der Waals surface area contributed by atoms with E-state index in [9.17, 15) is 14.7 Å². The van der Waals surface area contributed by atoms with E-state index in [0.29, 0.717) is 17.5 Å². The number of nitrogens with one attached hydrogen (secondary N) is 1. The second kappa shape index (κ2) is 9.37. The van der Waals surface area contributed by atoms with E-state index < -0.39 is 5.60 Å². The Kier molecular flexibility index (Phi) is 7.02. The maximum absolute atomic E-state index is 13.1. The third kappa shape index (κ3) is 4.91. The highest BCUT2D eigenvalue weighted by atomic mass is 16.3. The maximum atomic E-state index is 13.1. The first-order valence-corrected chi connectivity index (χ1v) is 11.1. The van der Waals surface area contributed by atoms with Crippen LogP contribution in [0.15, 0.2) is 47.4 Å². The van der Waals surface area contributed by atoms with Gasteiger partial charge in [-0.25, -0.2) is 0 Å². The molecular weight excluding hydrogens is 390 g/mol. The molecule has 1 aliphatic rings. The molecule has 1 saturated carbocycles. The van der Waals surface area contributed by atoms with Crippen LogP contribution in [0.2, 0.25) is 0 Å². The molecule has 0 saturated heterocycles. The lowest BCUT2D eigenvalue weighted by Gasteiger charge is -2.44. The number of pyridine rings is 1. The number of rotatable bonds is 8. The first kappa shape index (κ1) is 23.2. The van der Waals surface area contributed by atoms with E-state index in [0.717, 1.165) is 37.8 Å². The van der Waals surface area contributed by atoms with Crippen molar-refractivity contribution in [2.24, 2.45) is 5.41 Å². The van der Waals surface area contributed by atoms with Gasteiger partial charge in [0.15, 0.2) is 0 Å². The van der Waals surface area contributed by atoms with Crippen LogP contribution in [0.1, 0.15) is 49.4 Å². The summed E-state index contributed by atoms with van der Waals surface area (Å²) in [4.78, 5) is 27.9. The zero-order valence-electron chi connectivity index (χ0n) is 19.1. The van der Waals surface area contributed by atoms with Crippen molar-refractivity contribution in [3.05, 3.63) is 58.5 Å². The fourth-order valence-corrected chi connectivity index (χ4v) is 4.75. The number of benzene rings is 1. The molecule has 1 aliphatic carbocycles. The Labute approximate surface area is 184 Å². The molecule has 1 atom stereocenters. The molecule has 3 rings (SSSR count). The molecule has 0 radical (unpaired) electrons. The molecule has 0 spiro atoms. The van der Waals surface area contributed by atoms with Gasteiger partial charge in [0.2, 0.25) is 0 Å². The fourth-order valence-electron chi connectivity index (χ4n) is 4.75. The smallest absolute Gasteiger partial charge is 0.253 e. The molecule has 1 aromatic carbocycles. The number of hydrogen-bond donors (Lipinski definition) is 2. The number of aliphatic hydroxyl groups is 1. The first-order chi connectivity index (χ1) is 14.7. The van der Waals surface area contributed by atoms with E-state index in [1.807, 2.05) is 44.4 Å². The minimum absolute atomic E-state index is 0.176. The van der Waals surface area contributed by atoms with Crippen LogP contribution in [0.25, 0.3) is 11.1 Å². The summed E-state index contributed by atoms with van der Waals surface area (Å²) >= 11 is 0. The predicted octanol–water partition coefficient (Wildman–Crippen LogP) is 3.14. The summed E-state index contributed by atoms with van der Waals surface area (Å²) in [5.41, 5.74) is 0.344. The standard InChI is InChI=1S/C25H35N3O3/c1-24(12-8-9-13-24)25(31,14-15-27(3)4)18-28-17-21(23(30)26-2)20(16-22(28)29)19-10-6-5-7-11-19/h5-7,10-11,16-17,31H,8-9,12-15,18H2,1-4H3,(H,26,30). The van der Waals surface area contributed by atoms with Crippen LogP contribution in [-0.2, 0) is 6.54 Å². The molecule has 1 unspecified atom stereocenters. The summed E-state index contributed by atoms with van der Waals surface area (Å²) in [5.74, 6) is -0.253. The van der Waals surface area contributed by atoms with E-state index in [-0.39, 0.29) is 23.4 Å². The van der Waals surface area contributed by atoms with Crippen LogP contribution in [-0.4, -0.2) is 53.8 Å². The Bertz CT molecular complexity index is 962. The van der Waals surface area contributed by atoms with Crippen molar-refractivity contribution in [2.75, 3.05) is 27.7 Å². The quantitative estimate of drug-likeness (QED) is 0.681. The van der Waals surface area contributed by atoms with Gasteiger partial charge in [-0.15, -0.1) is 0 Å². The average molecular weight is 426 g/mol. The third-order valence-corrected chi connectivity index (χ3v) is 6.92. The van der Waals surface area contributed by atoms with E-state index in [4.69, 9.17) is 0 Å². The highest BCUT2D eigenvalue weighted by molar-refractivity contribution is 6.00. The van der Waals surface area contributed by atoms with E-state index in [2.05, 4.69) is 17.1 Å². The monoisotopic (exact) mass is 425 g/mol. The highest BCUT2D eigenvalue weighted by Gasteiger charge is 2.48. The summed E-state index contributed by atoms with van der Waals surface area (Å²) < 4.78 is 1.52. The van der Waals surface area contributed by atoms with Gasteiger partial charge in [-0.2, -0.15) is 0 Å². The van der Waals surface area contributed by atoms with Crippen molar-refractivity contribution < 1.29 is 9.90 Å². The second-order valence-corrected chi connectivity index (χ2v) is 9.36. The zero-order valence-corrected chi connectivity index (χ0v) is 19.1. The molecule has 31 heavy (non-hydrogen) atoms. The van der Waals surface area contributed by atoms with Crippen LogP contribution in [0.4, 0.5) is 0 Å². The first-order valence-electron chi connectivity index (χ1n) is 11.1. The lowest BCUT2D eigenvalue weighted by molar-refractivity contribution is -0.0956. The van der Waals surface area contributed by atoms with Crippen molar-refractivity contribution in [3.63, 3.8) is 0 Å². The van der Waals surface area contributed by atoms with Crippen LogP contribution in [0, 0.1) is 5.41 Å². The third-order valence-electron chi connectivity index (χ3n) is 6.92. The van der Waals surface area contributed by atoms with Gasteiger partial charge in [0.1, 0.15) is 0 Å². The summed E-state index contributed by atoms with van der Waals surface area (Å²) in [7, 11) is 5.56. The lowest BCUT2D eigenvalue weighted by atomic mass is 9.70. The molecule has 0 aliphatic heterocycles. The van der Waals surface area contributed by atoms with Gasteiger partial charge in [-0.1, -0.05) is 50.1 Å². The largest absolute Gasteiger partial charge is 0.387 e. The minimum Gasteiger partial charge on any atom is -0.387 e. The van der Waals surface area contributed by atoms with E-state index in [1.54, 1.807) is 13.2 Å². The number of aromatic nitrogens is 1. The van der Waals surface area contributed by atoms with Gasteiger partial charge in [-0.05, 0) is 44.3 Å². The molecule has 1 fully saturated rings. The Hall–Kier alpha value is -2.44. The second-order valence-electron chi connectivity index (χ2n) is 9.36. The molecule has 0 bridgehead atoms. The topological polar surface area (TPSA) is 74.6 Å². The fraction of sp³-hybridized carbons (Fsp3) is 0.520. The van der Waals surface area contributed by atoms with Crippen LogP contribution < -0.4 is 10.9 Å². The summed E-state index contributed by atoms with van der Waals surface area (Å²) in [6.45, 7) is 3.04. The summed E-state index contributed by atoms with van der Waals surface area (Å²) in [6.07, 6.45) is 6.24. The van der Waals surface area contributed by atoms with Crippen molar-refractivity contribution in [2.45, 2.75) is 51.2 Å². The zero-order chi connectivity index (χ0) is 22.6. The van der Waals surface area contributed by atoms with Crippen LogP contribution >= 0.6 is 0 Å². The van der Waals surface area contributed by atoms with Crippen molar-refractivity contribution in [3.8, 4) is 11.1 Å². The van der Waals surface area contributed by atoms with Crippen molar-refractivity contribution in [1.29, 1.82) is 0 Å². The lowest BCUT2D eigenvalue weighted by Crippen LogP contribution is -2.51. The summed E-state index contributed by atoms with van der Waals surface area (Å²) in [5, 5.41) is 14.6. The Morgan fingerprint density at radius 3 is 2.45 bits per heavy atom. The van der Waals surface area contributed by atoms with Gasteiger partial charge in [0, 0.05) is 31.4 Å². The molecule has 2 aromatic rings. The number of carbonyl (C=O) groups is 1. The van der Waals surface area contributed by atoms with Crippen molar-refractivity contribution in [1.82, 2.24) is 14.8 Å². The molecule has 2 N–H and O–H groups in total. The normalized spacial score (nSPS) is 17.5. The van der Waals surface area contributed by atoms with Gasteiger partial charge in [-0.3, -0.25) is 9.59 Å². The Balaban J connectivity index is 2.06. The molecular formula is C25H35N3O3. The molecule has 1 amide bonds. The number of amides is 1. The predicted molar refractivity (Wildman–Crippen MR) is 124 cm³/mol. The number of nitrogens with zero attached hydrogens (tertiary/aromatic N) is 2.